The first kappa shape index (κ1) is 15.0. The summed E-state index contributed by atoms with van der Waals surface area (Å²) in [5, 5.41) is 0. The molecule has 1 aromatic carbocycles. The van der Waals surface area contributed by atoms with Crippen LogP contribution in [0.1, 0.15) is 25.2 Å². The van der Waals surface area contributed by atoms with Gasteiger partial charge in [-0.25, -0.2) is 4.98 Å². The number of fused-ring (bicyclic) bond motifs is 1. The number of rotatable bonds is 5. The van der Waals surface area contributed by atoms with E-state index in [1.165, 1.54) is 4.31 Å². The zero-order chi connectivity index (χ0) is 14.9. The summed E-state index contributed by atoms with van der Waals surface area (Å²) in [6.45, 7) is 5.81. The van der Waals surface area contributed by atoms with Crippen LogP contribution in [0.3, 0.4) is 0 Å². The molecule has 7 heteroatoms. The van der Waals surface area contributed by atoms with Gasteiger partial charge < -0.3 is 4.98 Å². The predicted molar refractivity (Wildman–Crippen MR) is 79.5 cm³/mol. The van der Waals surface area contributed by atoms with E-state index in [1.54, 1.807) is 7.05 Å². The highest BCUT2D eigenvalue weighted by atomic mass is 32.2. The molecular weight excluding hydrogens is 276 g/mol. The van der Waals surface area contributed by atoms with Gasteiger partial charge in [-0.1, -0.05) is 6.07 Å². The average molecular weight is 296 g/mol. The Morgan fingerprint density at radius 1 is 1.40 bits per heavy atom. The molecule has 0 spiro atoms. The van der Waals surface area contributed by atoms with Gasteiger partial charge in [-0.2, -0.15) is 17.4 Å². The van der Waals surface area contributed by atoms with Gasteiger partial charge in [0.05, 0.1) is 11.0 Å². The highest BCUT2D eigenvalue weighted by molar-refractivity contribution is 7.87. The third-order valence-electron chi connectivity index (χ3n) is 3.23. The first-order valence-electron chi connectivity index (χ1n) is 6.47. The van der Waals surface area contributed by atoms with E-state index in [2.05, 4.69) is 14.7 Å². The number of aryl methyl sites for hydroxylation is 1. The van der Waals surface area contributed by atoms with E-state index in [0.29, 0.717) is 0 Å². The van der Waals surface area contributed by atoms with Crippen molar-refractivity contribution in [2.45, 2.75) is 33.4 Å². The summed E-state index contributed by atoms with van der Waals surface area (Å²) in [6.07, 6.45) is 0. The van der Waals surface area contributed by atoms with Gasteiger partial charge in [0.25, 0.3) is 10.2 Å². The maximum Gasteiger partial charge on any atom is 0.279 e. The van der Waals surface area contributed by atoms with Crippen LogP contribution < -0.4 is 4.72 Å². The molecule has 110 valence electrons. The summed E-state index contributed by atoms with van der Waals surface area (Å²) in [7, 11) is -1.88. The molecule has 0 aliphatic carbocycles. The first-order valence-corrected chi connectivity index (χ1v) is 7.91. The quantitative estimate of drug-likeness (QED) is 0.878. The summed E-state index contributed by atoms with van der Waals surface area (Å²) in [5.74, 6) is 0.845. The SMILES string of the molecule is Cc1nc2ccc(CNS(=O)(=O)N(C)C(C)C)cc2[nH]1. The van der Waals surface area contributed by atoms with Crippen LogP contribution in [0.4, 0.5) is 0 Å². The molecule has 0 aliphatic rings. The summed E-state index contributed by atoms with van der Waals surface area (Å²) in [6, 6.07) is 5.59. The highest BCUT2D eigenvalue weighted by Gasteiger charge is 2.19. The van der Waals surface area contributed by atoms with E-state index in [0.717, 1.165) is 22.4 Å². The third kappa shape index (κ3) is 3.17. The minimum Gasteiger partial charge on any atom is -0.342 e. The number of aromatic nitrogens is 2. The second kappa shape index (κ2) is 5.51. The van der Waals surface area contributed by atoms with Crippen molar-refractivity contribution in [1.82, 2.24) is 19.0 Å². The molecule has 2 N–H and O–H groups in total. The molecule has 6 nitrogen and oxygen atoms in total. The lowest BCUT2D eigenvalue weighted by Crippen LogP contribution is -2.41. The van der Waals surface area contributed by atoms with Crippen molar-refractivity contribution in [2.24, 2.45) is 0 Å². The molecule has 2 rings (SSSR count). The fourth-order valence-corrected chi connectivity index (χ4v) is 2.96. The molecule has 0 saturated heterocycles. The number of hydrogen-bond acceptors (Lipinski definition) is 3. The number of nitrogens with zero attached hydrogens (tertiary/aromatic N) is 2. The standard InChI is InChI=1S/C13H20N4O2S/c1-9(2)17(4)20(18,19)14-8-11-5-6-12-13(7-11)16-10(3)15-12/h5-7,9,14H,8H2,1-4H3,(H,15,16). The second-order valence-corrected chi connectivity index (χ2v) is 6.92. The Hall–Kier alpha value is -1.44. The Morgan fingerprint density at radius 3 is 2.75 bits per heavy atom. The monoisotopic (exact) mass is 296 g/mol. The van der Waals surface area contributed by atoms with E-state index in [1.807, 2.05) is 39.0 Å². The molecule has 1 heterocycles. The Bertz CT molecular complexity index is 706. The summed E-state index contributed by atoms with van der Waals surface area (Å²) >= 11 is 0. The summed E-state index contributed by atoms with van der Waals surface area (Å²) < 4.78 is 27.9. The lowest BCUT2D eigenvalue weighted by atomic mass is 10.2. The van der Waals surface area contributed by atoms with Crippen molar-refractivity contribution in [3.63, 3.8) is 0 Å². The number of aromatic amines is 1. The molecule has 20 heavy (non-hydrogen) atoms. The zero-order valence-corrected chi connectivity index (χ0v) is 13.0. The predicted octanol–water partition coefficient (Wildman–Crippen LogP) is 1.55. The van der Waals surface area contributed by atoms with E-state index in [9.17, 15) is 8.42 Å². The number of benzene rings is 1. The van der Waals surface area contributed by atoms with E-state index in [-0.39, 0.29) is 12.6 Å². The van der Waals surface area contributed by atoms with Crippen molar-refractivity contribution in [2.75, 3.05) is 7.05 Å². The van der Waals surface area contributed by atoms with Gasteiger partial charge >= 0.3 is 0 Å². The minimum atomic E-state index is -3.45. The fraction of sp³-hybridized carbons (Fsp3) is 0.462. The average Bonchev–Trinajstić information content (AvgIpc) is 2.74. The fourth-order valence-electron chi connectivity index (χ4n) is 1.85. The Balaban J connectivity index is 2.13. The van der Waals surface area contributed by atoms with Gasteiger partial charge in [-0.3, -0.25) is 0 Å². The van der Waals surface area contributed by atoms with Gasteiger partial charge in [0, 0.05) is 19.6 Å². The maximum atomic E-state index is 12.0. The van der Waals surface area contributed by atoms with Crippen LogP contribution >= 0.6 is 0 Å². The summed E-state index contributed by atoms with van der Waals surface area (Å²) in [5.41, 5.74) is 2.69. The molecule has 0 unspecified atom stereocenters. The Kier molecular flexibility index (Phi) is 4.12. The lowest BCUT2D eigenvalue weighted by Gasteiger charge is -2.21. The first-order chi connectivity index (χ1) is 9.29. The van der Waals surface area contributed by atoms with Crippen LogP contribution in [0.5, 0.6) is 0 Å². The van der Waals surface area contributed by atoms with Gasteiger partial charge in [0.1, 0.15) is 5.82 Å². The second-order valence-electron chi connectivity index (χ2n) is 5.11. The number of imidazole rings is 1. The largest absolute Gasteiger partial charge is 0.342 e. The topological polar surface area (TPSA) is 78.1 Å². The Labute approximate surface area is 119 Å². The molecule has 0 bridgehead atoms. The number of hydrogen-bond donors (Lipinski definition) is 2. The highest BCUT2D eigenvalue weighted by Crippen LogP contribution is 2.14. The van der Waals surface area contributed by atoms with Crippen LogP contribution in [0.15, 0.2) is 18.2 Å². The van der Waals surface area contributed by atoms with Gasteiger partial charge in [-0.15, -0.1) is 0 Å². The molecule has 0 amide bonds. The van der Waals surface area contributed by atoms with Crippen LogP contribution in [0, 0.1) is 6.92 Å². The zero-order valence-electron chi connectivity index (χ0n) is 12.1. The molecule has 0 saturated carbocycles. The molecule has 2 aromatic rings. The molecule has 0 fully saturated rings. The van der Waals surface area contributed by atoms with Crippen molar-refractivity contribution in [3.05, 3.63) is 29.6 Å². The molecular formula is C13H20N4O2S. The third-order valence-corrected chi connectivity index (χ3v) is 4.92. The van der Waals surface area contributed by atoms with Crippen LogP contribution in [-0.2, 0) is 16.8 Å². The molecule has 0 aliphatic heterocycles. The van der Waals surface area contributed by atoms with Gasteiger partial charge in [-0.05, 0) is 38.5 Å². The van der Waals surface area contributed by atoms with Gasteiger partial charge in [0.2, 0.25) is 0 Å². The number of nitrogens with one attached hydrogen (secondary N) is 2. The van der Waals surface area contributed by atoms with E-state index in [4.69, 9.17) is 0 Å². The van der Waals surface area contributed by atoms with Crippen molar-refractivity contribution in [1.29, 1.82) is 0 Å². The van der Waals surface area contributed by atoms with Crippen molar-refractivity contribution >= 4 is 21.2 Å². The van der Waals surface area contributed by atoms with Gasteiger partial charge in [0.15, 0.2) is 0 Å². The minimum absolute atomic E-state index is 0.0785. The van der Waals surface area contributed by atoms with E-state index >= 15 is 0 Å². The lowest BCUT2D eigenvalue weighted by molar-refractivity contribution is 0.402. The van der Waals surface area contributed by atoms with Crippen molar-refractivity contribution in [3.8, 4) is 0 Å². The van der Waals surface area contributed by atoms with Crippen molar-refractivity contribution < 1.29 is 8.42 Å². The normalized spacial score (nSPS) is 12.7. The van der Waals surface area contributed by atoms with Crippen LogP contribution in [0.25, 0.3) is 11.0 Å². The van der Waals surface area contributed by atoms with Crippen LogP contribution in [0.2, 0.25) is 0 Å². The summed E-state index contributed by atoms with van der Waals surface area (Å²) in [4.78, 5) is 7.45. The smallest absolute Gasteiger partial charge is 0.279 e. The molecule has 0 atom stereocenters. The Morgan fingerprint density at radius 2 is 2.10 bits per heavy atom. The number of H-pyrrole nitrogens is 1. The van der Waals surface area contributed by atoms with E-state index < -0.39 is 10.2 Å². The molecule has 1 aromatic heterocycles. The molecule has 0 radical (unpaired) electrons. The van der Waals surface area contributed by atoms with Crippen LogP contribution in [-0.4, -0.2) is 35.8 Å². The maximum absolute atomic E-state index is 12.0.